The molecule has 2 aromatic rings. The van der Waals surface area contributed by atoms with Gasteiger partial charge in [-0.3, -0.25) is 0 Å². The number of sulfonamides is 1. The number of hydrogen-bond acceptors (Lipinski definition) is 4. The van der Waals surface area contributed by atoms with E-state index in [0.717, 1.165) is 4.47 Å². The molecule has 2 aromatic carbocycles. The molecule has 5 nitrogen and oxygen atoms in total. The Morgan fingerprint density at radius 1 is 1.08 bits per heavy atom. The number of halogens is 1. The molecule has 0 spiro atoms. The van der Waals surface area contributed by atoms with Crippen molar-refractivity contribution in [2.45, 2.75) is 11.8 Å². The largest absolute Gasteiger partial charge is 0.492 e. The zero-order chi connectivity index (χ0) is 18.1. The zero-order valence-electron chi connectivity index (χ0n) is 13.7. The van der Waals surface area contributed by atoms with Crippen LogP contribution in [-0.2, 0) is 10.0 Å². The van der Waals surface area contributed by atoms with E-state index in [1.54, 1.807) is 25.1 Å². The summed E-state index contributed by atoms with van der Waals surface area (Å²) in [4.78, 5) is 0.101. The van der Waals surface area contributed by atoms with E-state index in [2.05, 4.69) is 32.5 Å². The van der Waals surface area contributed by atoms with E-state index in [4.69, 9.17) is 9.47 Å². The van der Waals surface area contributed by atoms with Gasteiger partial charge >= 0.3 is 0 Å². The first kappa shape index (κ1) is 19.3. The molecule has 132 valence electrons. The van der Waals surface area contributed by atoms with Gasteiger partial charge in [0.1, 0.15) is 23.0 Å². The highest BCUT2D eigenvalue weighted by atomic mass is 79.9. The predicted octanol–water partition coefficient (Wildman–Crippen LogP) is 3.21. The molecule has 0 heterocycles. The van der Waals surface area contributed by atoms with E-state index in [1.165, 1.54) is 6.07 Å². The minimum absolute atomic E-state index is 0.00929. The second-order valence-electron chi connectivity index (χ2n) is 4.80. The van der Waals surface area contributed by atoms with Gasteiger partial charge in [0.05, 0.1) is 13.2 Å². The first-order valence-electron chi connectivity index (χ1n) is 7.58. The van der Waals surface area contributed by atoms with Crippen LogP contribution in [-0.4, -0.2) is 28.2 Å². The quantitative estimate of drug-likeness (QED) is 0.694. The van der Waals surface area contributed by atoms with Crippen LogP contribution in [0.3, 0.4) is 0 Å². The highest BCUT2D eigenvalue weighted by Gasteiger charge is 2.17. The Labute approximate surface area is 156 Å². The van der Waals surface area contributed by atoms with Crippen molar-refractivity contribution in [3.05, 3.63) is 53.0 Å². The van der Waals surface area contributed by atoms with Crippen LogP contribution < -0.4 is 14.2 Å². The van der Waals surface area contributed by atoms with Crippen molar-refractivity contribution in [1.82, 2.24) is 4.72 Å². The van der Waals surface area contributed by atoms with Gasteiger partial charge in [0, 0.05) is 4.47 Å². The second-order valence-corrected chi connectivity index (χ2v) is 7.45. The molecule has 0 saturated carbocycles. The molecule has 7 heteroatoms. The van der Waals surface area contributed by atoms with Crippen LogP contribution in [0.5, 0.6) is 11.5 Å². The summed E-state index contributed by atoms with van der Waals surface area (Å²) in [6, 6.07) is 13.9. The maximum Gasteiger partial charge on any atom is 0.245 e. The molecule has 25 heavy (non-hydrogen) atoms. The Kier molecular flexibility index (Phi) is 7.31. The van der Waals surface area contributed by atoms with Crippen LogP contribution in [0.2, 0.25) is 0 Å². The van der Waals surface area contributed by atoms with Crippen molar-refractivity contribution in [2.24, 2.45) is 0 Å². The molecule has 0 amide bonds. The predicted molar refractivity (Wildman–Crippen MR) is 100 cm³/mol. The Bertz CT molecular complexity index is 872. The van der Waals surface area contributed by atoms with Crippen LogP contribution in [0.15, 0.2) is 57.9 Å². The monoisotopic (exact) mass is 423 g/mol. The number of para-hydroxylation sites is 1. The third kappa shape index (κ3) is 6.09. The molecule has 0 aliphatic carbocycles. The summed E-state index contributed by atoms with van der Waals surface area (Å²) in [7, 11) is -3.68. The number of hydrogen-bond donors (Lipinski definition) is 1. The third-order valence-corrected chi connectivity index (χ3v) is 4.96. The van der Waals surface area contributed by atoms with Crippen molar-refractivity contribution < 1.29 is 17.9 Å². The molecular formula is C18H18BrNO4S. The Balaban J connectivity index is 1.89. The van der Waals surface area contributed by atoms with Gasteiger partial charge < -0.3 is 9.47 Å². The standard InChI is InChI=1S/C18H18BrNO4S/c1-2-23-17-10-3-4-11-18(17)25(21,22)20-12-5-6-13-24-16-9-7-8-15(19)14-16/h3-4,7-11,14,20H,2,12-13H2,1H3. The summed E-state index contributed by atoms with van der Waals surface area (Å²) >= 11 is 3.35. The smallest absolute Gasteiger partial charge is 0.245 e. The van der Waals surface area contributed by atoms with Crippen molar-refractivity contribution >= 4 is 26.0 Å². The summed E-state index contributed by atoms with van der Waals surface area (Å²) in [6.07, 6.45) is 0. The van der Waals surface area contributed by atoms with Gasteiger partial charge in [-0.25, -0.2) is 8.42 Å². The minimum atomic E-state index is -3.68. The van der Waals surface area contributed by atoms with Gasteiger partial charge in [-0.15, -0.1) is 0 Å². The molecule has 0 bridgehead atoms. The lowest BCUT2D eigenvalue weighted by Gasteiger charge is -2.10. The van der Waals surface area contributed by atoms with E-state index >= 15 is 0 Å². The van der Waals surface area contributed by atoms with Crippen molar-refractivity contribution in [3.8, 4) is 23.3 Å². The molecule has 1 N–H and O–H groups in total. The molecule has 0 atom stereocenters. The lowest BCUT2D eigenvalue weighted by atomic mass is 10.3. The zero-order valence-corrected chi connectivity index (χ0v) is 16.1. The van der Waals surface area contributed by atoms with Gasteiger partial charge in [-0.05, 0) is 37.3 Å². The summed E-state index contributed by atoms with van der Waals surface area (Å²) in [6.45, 7) is 2.35. The topological polar surface area (TPSA) is 64.6 Å². The molecule has 0 aliphatic heterocycles. The van der Waals surface area contributed by atoms with Gasteiger partial charge in [-0.1, -0.05) is 46.0 Å². The molecule has 0 fully saturated rings. The normalized spacial score (nSPS) is 10.6. The fourth-order valence-corrected chi connectivity index (χ4v) is 3.39. The second kappa shape index (κ2) is 9.47. The Morgan fingerprint density at radius 3 is 2.64 bits per heavy atom. The average Bonchev–Trinajstić information content (AvgIpc) is 2.59. The highest BCUT2D eigenvalue weighted by Crippen LogP contribution is 2.22. The lowest BCUT2D eigenvalue weighted by molar-refractivity contribution is 0.331. The highest BCUT2D eigenvalue weighted by molar-refractivity contribution is 9.10. The first-order chi connectivity index (χ1) is 12.0. The van der Waals surface area contributed by atoms with Crippen molar-refractivity contribution in [3.63, 3.8) is 0 Å². The van der Waals surface area contributed by atoms with Crippen LogP contribution in [0.25, 0.3) is 0 Å². The van der Waals surface area contributed by atoms with E-state index in [9.17, 15) is 8.42 Å². The van der Waals surface area contributed by atoms with E-state index in [-0.39, 0.29) is 18.0 Å². The SMILES string of the molecule is CCOc1ccccc1S(=O)(=O)NCC#CCOc1cccc(Br)c1. The summed E-state index contributed by atoms with van der Waals surface area (Å²) in [5.41, 5.74) is 0. The Hall–Kier alpha value is -2.01. The molecule has 0 saturated heterocycles. The number of nitrogens with one attached hydrogen (secondary N) is 1. The fraction of sp³-hybridized carbons (Fsp3) is 0.222. The molecule has 2 rings (SSSR count). The lowest BCUT2D eigenvalue weighted by Crippen LogP contribution is -2.24. The van der Waals surface area contributed by atoms with E-state index < -0.39 is 10.0 Å². The molecule has 0 aromatic heterocycles. The fourth-order valence-electron chi connectivity index (χ4n) is 1.95. The van der Waals surface area contributed by atoms with Gasteiger partial charge in [0.25, 0.3) is 0 Å². The van der Waals surface area contributed by atoms with Crippen LogP contribution in [0.1, 0.15) is 6.92 Å². The minimum Gasteiger partial charge on any atom is -0.492 e. The van der Waals surface area contributed by atoms with E-state index in [0.29, 0.717) is 18.1 Å². The third-order valence-electron chi connectivity index (χ3n) is 3.02. The van der Waals surface area contributed by atoms with Gasteiger partial charge in [-0.2, -0.15) is 4.72 Å². The molecular weight excluding hydrogens is 406 g/mol. The molecule has 0 radical (unpaired) electrons. The van der Waals surface area contributed by atoms with Crippen LogP contribution in [0.4, 0.5) is 0 Å². The number of rotatable bonds is 7. The number of ether oxygens (including phenoxy) is 2. The van der Waals surface area contributed by atoms with Crippen LogP contribution in [0, 0.1) is 11.8 Å². The van der Waals surface area contributed by atoms with Crippen molar-refractivity contribution in [1.29, 1.82) is 0 Å². The first-order valence-corrected chi connectivity index (χ1v) is 9.86. The number of benzene rings is 2. The maximum absolute atomic E-state index is 12.3. The summed E-state index contributed by atoms with van der Waals surface area (Å²) < 4.78 is 38.8. The van der Waals surface area contributed by atoms with Crippen LogP contribution >= 0.6 is 15.9 Å². The van der Waals surface area contributed by atoms with Gasteiger partial charge in [0.15, 0.2) is 0 Å². The molecule has 0 aliphatic rings. The summed E-state index contributed by atoms with van der Waals surface area (Å²) in [5.74, 6) is 6.51. The summed E-state index contributed by atoms with van der Waals surface area (Å²) in [5, 5.41) is 0. The van der Waals surface area contributed by atoms with E-state index in [1.807, 2.05) is 24.3 Å². The average molecular weight is 424 g/mol. The maximum atomic E-state index is 12.3. The van der Waals surface area contributed by atoms with Gasteiger partial charge in [0.2, 0.25) is 10.0 Å². The molecule has 0 unspecified atom stereocenters. The Morgan fingerprint density at radius 2 is 1.88 bits per heavy atom. The van der Waals surface area contributed by atoms with Crippen molar-refractivity contribution in [2.75, 3.05) is 19.8 Å².